The summed E-state index contributed by atoms with van der Waals surface area (Å²) in [6.07, 6.45) is 0. The van der Waals surface area contributed by atoms with Gasteiger partial charge in [-0.1, -0.05) is 62.4 Å². The summed E-state index contributed by atoms with van der Waals surface area (Å²) in [6.45, 7) is 3.31. The number of carbonyl (C=O) groups excluding carboxylic acids is 1. The molecule has 2 rings (SSSR count). The molecule has 0 radical (unpaired) electrons. The lowest BCUT2D eigenvalue weighted by Gasteiger charge is -2.16. The summed E-state index contributed by atoms with van der Waals surface area (Å²) in [4.78, 5) is 15.5. The lowest BCUT2D eigenvalue weighted by atomic mass is 9.95. The SMILES string of the molecule is CC(C)C(=O)C(=[N+]=[N-])C(NS(=O)(=O)c1ccccc1)c1ccccc1. The predicted octanol–water partition coefficient (Wildman–Crippen LogP) is 2.60. The molecule has 1 unspecified atom stereocenters. The molecule has 0 saturated carbocycles. The summed E-state index contributed by atoms with van der Waals surface area (Å²) in [5, 5.41) is 0. The number of nitrogens with zero attached hydrogens (tertiary/aromatic N) is 2. The zero-order chi connectivity index (χ0) is 18.4. The molecule has 0 spiro atoms. The Morgan fingerprint density at radius 2 is 1.52 bits per heavy atom. The Labute approximate surface area is 147 Å². The van der Waals surface area contributed by atoms with Gasteiger partial charge in [0.05, 0.1) is 4.90 Å². The van der Waals surface area contributed by atoms with Crippen LogP contribution in [0.15, 0.2) is 65.6 Å². The molecule has 2 aromatic carbocycles. The number of Topliss-reactive ketones (excluding diaryl/α,β-unsaturated/α-hetero) is 1. The van der Waals surface area contributed by atoms with E-state index >= 15 is 0 Å². The van der Waals surface area contributed by atoms with Gasteiger partial charge in [0.1, 0.15) is 0 Å². The minimum atomic E-state index is -3.92. The summed E-state index contributed by atoms with van der Waals surface area (Å²) in [5.41, 5.74) is 9.63. The maximum atomic E-state index is 12.7. The maximum absolute atomic E-state index is 12.7. The van der Waals surface area contributed by atoms with Crippen LogP contribution in [0.2, 0.25) is 0 Å². The van der Waals surface area contributed by atoms with Crippen molar-refractivity contribution in [3.63, 3.8) is 0 Å². The minimum Gasteiger partial charge on any atom is -0.361 e. The molecule has 7 heteroatoms. The molecular formula is C18H19N3O3S. The average Bonchev–Trinajstić information content (AvgIpc) is 2.62. The highest BCUT2D eigenvalue weighted by molar-refractivity contribution is 7.89. The first kappa shape index (κ1) is 18.7. The molecule has 6 nitrogen and oxygen atoms in total. The fourth-order valence-electron chi connectivity index (χ4n) is 2.30. The molecule has 0 aliphatic rings. The number of sulfonamides is 1. The first-order chi connectivity index (χ1) is 11.9. The van der Waals surface area contributed by atoms with Gasteiger partial charge in [0.25, 0.3) is 0 Å². The smallest absolute Gasteiger partial charge is 0.356 e. The monoisotopic (exact) mass is 357 g/mol. The maximum Gasteiger partial charge on any atom is 0.356 e. The molecule has 0 heterocycles. The number of benzene rings is 2. The standard InChI is InChI=1S/C18H19N3O3S/c1-13(2)18(22)17(20-19)16(14-9-5-3-6-10-14)21-25(23,24)15-11-7-4-8-12-15/h3-13,16,21H,1-2H3. The van der Waals surface area contributed by atoms with Crippen LogP contribution in [0, 0.1) is 5.92 Å². The van der Waals surface area contributed by atoms with Crippen LogP contribution in [-0.4, -0.2) is 24.7 Å². The zero-order valence-corrected chi connectivity index (χ0v) is 14.8. The van der Waals surface area contributed by atoms with Crippen molar-refractivity contribution in [2.45, 2.75) is 24.8 Å². The Hall–Kier alpha value is -2.60. The first-order valence-corrected chi connectivity index (χ1v) is 9.23. The van der Waals surface area contributed by atoms with Crippen molar-refractivity contribution in [3.8, 4) is 0 Å². The van der Waals surface area contributed by atoms with Gasteiger partial charge in [-0.2, -0.15) is 9.51 Å². The molecule has 0 amide bonds. The van der Waals surface area contributed by atoms with Gasteiger partial charge >= 0.3 is 5.71 Å². The van der Waals surface area contributed by atoms with E-state index in [4.69, 9.17) is 0 Å². The van der Waals surface area contributed by atoms with E-state index in [-0.39, 0.29) is 10.6 Å². The molecule has 0 saturated heterocycles. The van der Waals surface area contributed by atoms with E-state index in [1.54, 1.807) is 62.4 Å². The third-order valence-corrected chi connectivity index (χ3v) is 5.06. The van der Waals surface area contributed by atoms with Crippen LogP contribution in [0.5, 0.6) is 0 Å². The van der Waals surface area contributed by atoms with Gasteiger partial charge in [-0.15, -0.1) is 0 Å². The van der Waals surface area contributed by atoms with Gasteiger partial charge < -0.3 is 5.53 Å². The number of ketones is 1. The minimum absolute atomic E-state index is 0.0604. The molecule has 0 fully saturated rings. The lowest BCUT2D eigenvalue weighted by Crippen LogP contribution is -2.39. The van der Waals surface area contributed by atoms with Crippen LogP contribution < -0.4 is 4.72 Å². The van der Waals surface area contributed by atoms with Crippen molar-refractivity contribution in [3.05, 3.63) is 71.8 Å². The average molecular weight is 357 g/mol. The van der Waals surface area contributed by atoms with Crippen LogP contribution in [0.25, 0.3) is 5.53 Å². The van der Waals surface area contributed by atoms with E-state index in [9.17, 15) is 18.7 Å². The van der Waals surface area contributed by atoms with Crippen molar-refractivity contribution >= 4 is 21.5 Å². The second-order valence-electron chi connectivity index (χ2n) is 5.78. The fraction of sp³-hybridized carbons (Fsp3) is 0.222. The van der Waals surface area contributed by atoms with E-state index in [2.05, 4.69) is 9.51 Å². The zero-order valence-electron chi connectivity index (χ0n) is 14.0. The third kappa shape index (κ3) is 4.48. The summed E-state index contributed by atoms with van der Waals surface area (Å²) < 4.78 is 27.8. The van der Waals surface area contributed by atoms with Crippen molar-refractivity contribution in [2.75, 3.05) is 0 Å². The van der Waals surface area contributed by atoms with E-state index in [0.717, 1.165) is 0 Å². The summed E-state index contributed by atoms with van der Waals surface area (Å²) >= 11 is 0. The van der Waals surface area contributed by atoms with Crippen molar-refractivity contribution in [1.29, 1.82) is 0 Å². The Balaban J connectivity index is 2.50. The van der Waals surface area contributed by atoms with Crippen LogP contribution in [0.1, 0.15) is 25.5 Å². The normalized spacial score (nSPS) is 12.4. The Morgan fingerprint density at radius 1 is 1.00 bits per heavy atom. The Bertz CT molecular complexity index is 888. The van der Waals surface area contributed by atoms with Gasteiger partial charge in [0.2, 0.25) is 15.8 Å². The number of hydrogen-bond acceptors (Lipinski definition) is 3. The number of nitrogens with one attached hydrogen (secondary N) is 1. The number of hydrogen-bond donors (Lipinski definition) is 1. The van der Waals surface area contributed by atoms with E-state index in [0.29, 0.717) is 5.56 Å². The third-order valence-electron chi connectivity index (χ3n) is 3.62. The molecule has 0 aromatic heterocycles. The summed E-state index contributed by atoms with van der Waals surface area (Å²) in [7, 11) is -3.92. The molecule has 0 aliphatic carbocycles. The van der Waals surface area contributed by atoms with Gasteiger partial charge in [-0.25, -0.2) is 8.42 Å². The molecule has 0 bridgehead atoms. The van der Waals surface area contributed by atoms with Crippen LogP contribution in [-0.2, 0) is 14.8 Å². The number of carbonyl (C=O) groups is 1. The van der Waals surface area contributed by atoms with Gasteiger partial charge in [-0.05, 0) is 17.7 Å². The first-order valence-electron chi connectivity index (χ1n) is 7.75. The van der Waals surface area contributed by atoms with Crippen molar-refractivity contribution in [2.24, 2.45) is 5.92 Å². The van der Waals surface area contributed by atoms with Crippen LogP contribution in [0.3, 0.4) is 0 Å². The quantitative estimate of drug-likeness (QED) is 0.468. The Morgan fingerprint density at radius 3 is 2.00 bits per heavy atom. The van der Waals surface area contributed by atoms with Gasteiger partial charge in [-0.3, -0.25) is 4.79 Å². The second-order valence-corrected chi connectivity index (χ2v) is 7.50. The molecule has 0 aliphatic heterocycles. The van der Waals surface area contributed by atoms with Crippen molar-refractivity contribution < 1.29 is 18.0 Å². The molecule has 1 N–H and O–H groups in total. The topological polar surface area (TPSA) is 99.6 Å². The molecule has 2 aromatic rings. The lowest BCUT2D eigenvalue weighted by molar-refractivity contribution is -0.120. The highest BCUT2D eigenvalue weighted by Crippen LogP contribution is 2.20. The fourth-order valence-corrected chi connectivity index (χ4v) is 3.50. The summed E-state index contributed by atoms with van der Waals surface area (Å²) in [5.74, 6) is -0.884. The van der Waals surface area contributed by atoms with Gasteiger partial charge in [0.15, 0.2) is 6.04 Å². The molecule has 25 heavy (non-hydrogen) atoms. The van der Waals surface area contributed by atoms with Crippen molar-refractivity contribution in [1.82, 2.24) is 4.72 Å². The molecule has 1 atom stereocenters. The largest absolute Gasteiger partial charge is 0.361 e. The molecule has 130 valence electrons. The van der Waals surface area contributed by atoms with E-state index in [1.165, 1.54) is 12.1 Å². The van der Waals surface area contributed by atoms with E-state index in [1.807, 2.05) is 0 Å². The number of rotatable bonds is 7. The molecular weight excluding hydrogens is 338 g/mol. The highest BCUT2D eigenvalue weighted by atomic mass is 32.2. The van der Waals surface area contributed by atoms with E-state index < -0.39 is 27.8 Å². The van der Waals surface area contributed by atoms with Crippen LogP contribution in [0.4, 0.5) is 0 Å². The van der Waals surface area contributed by atoms with Crippen LogP contribution >= 0.6 is 0 Å². The predicted molar refractivity (Wildman–Crippen MR) is 94.4 cm³/mol. The second kappa shape index (κ2) is 7.98. The van der Waals surface area contributed by atoms with Gasteiger partial charge in [0, 0.05) is 5.92 Å². The highest BCUT2D eigenvalue weighted by Gasteiger charge is 2.37. The Kier molecular flexibility index (Phi) is 5.98. The summed E-state index contributed by atoms with van der Waals surface area (Å²) in [6, 6.07) is 15.2.